The van der Waals surface area contributed by atoms with Crippen molar-refractivity contribution < 1.29 is 14.3 Å². The summed E-state index contributed by atoms with van der Waals surface area (Å²) in [6.07, 6.45) is 3.31. The van der Waals surface area contributed by atoms with Gasteiger partial charge < -0.3 is 15.4 Å². The minimum atomic E-state index is -0.349. The Morgan fingerprint density at radius 2 is 2.04 bits per heavy atom. The van der Waals surface area contributed by atoms with E-state index in [0.717, 1.165) is 32.8 Å². The van der Waals surface area contributed by atoms with E-state index in [2.05, 4.69) is 27.1 Å². The summed E-state index contributed by atoms with van der Waals surface area (Å²) in [6.45, 7) is 8.38. The van der Waals surface area contributed by atoms with Gasteiger partial charge >= 0.3 is 0 Å². The molecule has 0 saturated carbocycles. The van der Waals surface area contributed by atoms with Gasteiger partial charge in [0.2, 0.25) is 5.82 Å². The van der Waals surface area contributed by atoms with Crippen molar-refractivity contribution in [3.63, 3.8) is 0 Å². The molecule has 138 valence electrons. The van der Waals surface area contributed by atoms with E-state index in [-0.39, 0.29) is 23.3 Å². The molecular weight excluding hydrogens is 334 g/mol. The van der Waals surface area contributed by atoms with Crippen LogP contribution in [0.25, 0.3) is 5.52 Å². The van der Waals surface area contributed by atoms with Gasteiger partial charge in [0.1, 0.15) is 0 Å². The third-order valence-corrected chi connectivity index (χ3v) is 4.19. The number of hydrogen-bond acceptors (Lipinski definition) is 5. The van der Waals surface area contributed by atoms with E-state index in [0.29, 0.717) is 18.6 Å². The number of pyridine rings is 1. The van der Waals surface area contributed by atoms with Crippen molar-refractivity contribution in [2.75, 3.05) is 45.9 Å². The van der Waals surface area contributed by atoms with Crippen LogP contribution in [-0.2, 0) is 4.74 Å². The van der Waals surface area contributed by atoms with Crippen LogP contribution in [0.2, 0.25) is 0 Å². The fraction of sp³-hybridized carbons (Fsp3) is 0.389. The number of amides is 2. The van der Waals surface area contributed by atoms with Crippen molar-refractivity contribution >= 4 is 17.3 Å². The number of fused-ring (bicyclic) bond motifs is 1. The molecule has 2 aromatic rings. The molecule has 8 nitrogen and oxygen atoms in total. The summed E-state index contributed by atoms with van der Waals surface area (Å²) in [7, 11) is 0. The molecule has 3 heterocycles. The zero-order valence-corrected chi connectivity index (χ0v) is 14.6. The highest BCUT2D eigenvalue weighted by atomic mass is 16.5. The predicted octanol–water partition coefficient (Wildman–Crippen LogP) is 0.312. The SMILES string of the molecule is C=CCNC(=O)c1nc(C(=O)NCCN2CCOCC2)c2ccccn12. The third kappa shape index (κ3) is 4.09. The highest BCUT2D eigenvalue weighted by Crippen LogP contribution is 2.13. The van der Waals surface area contributed by atoms with Crippen LogP contribution in [0.15, 0.2) is 37.1 Å². The molecule has 1 fully saturated rings. The molecule has 0 atom stereocenters. The van der Waals surface area contributed by atoms with Gasteiger partial charge in [0.25, 0.3) is 11.8 Å². The van der Waals surface area contributed by atoms with Crippen LogP contribution >= 0.6 is 0 Å². The lowest BCUT2D eigenvalue weighted by atomic mass is 10.3. The van der Waals surface area contributed by atoms with Gasteiger partial charge in [-0.3, -0.25) is 18.9 Å². The second-order valence-electron chi connectivity index (χ2n) is 5.95. The summed E-state index contributed by atoms with van der Waals surface area (Å²) in [5, 5.41) is 5.58. The van der Waals surface area contributed by atoms with Crippen molar-refractivity contribution in [2.24, 2.45) is 0 Å². The summed E-state index contributed by atoms with van der Waals surface area (Å²) in [5.41, 5.74) is 0.844. The maximum Gasteiger partial charge on any atom is 0.287 e. The highest BCUT2D eigenvalue weighted by Gasteiger charge is 2.21. The Balaban J connectivity index is 1.71. The molecule has 26 heavy (non-hydrogen) atoms. The van der Waals surface area contributed by atoms with Crippen molar-refractivity contribution in [1.29, 1.82) is 0 Å². The number of carbonyl (C=O) groups is 2. The van der Waals surface area contributed by atoms with E-state index in [1.807, 2.05) is 6.07 Å². The molecule has 0 radical (unpaired) electrons. The van der Waals surface area contributed by atoms with E-state index >= 15 is 0 Å². The number of rotatable bonds is 7. The number of morpholine rings is 1. The third-order valence-electron chi connectivity index (χ3n) is 4.19. The summed E-state index contributed by atoms with van der Waals surface area (Å²) < 4.78 is 6.93. The Labute approximate surface area is 151 Å². The van der Waals surface area contributed by atoms with E-state index in [1.165, 1.54) is 0 Å². The first-order valence-corrected chi connectivity index (χ1v) is 8.65. The number of nitrogens with zero attached hydrogens (tertiary/aromatic N) is 3. The molecule has 0 unspecified atom stereocenters. The molecule has 2 aromatic heterocycles. The number of carbonyl (C=O) groups excluding carboxylic acids is 2. The molecule has 0 aliphatic carbocycles. The first-order chi connectivity index (χ1) is 12.7. The fourth-order valence-electron chi connectivity index (χ4n) is 2.85. The van der Waals surface area contributed by atoms with E-state index in [4.69, 9.17) is 4.74 Å². The first-order valence-electron chi connectivity index (χ1n) is 8.65. The van der Waals surface area contributed by atoms with Crippen LogP contribution in [0.5, 0.6) is 0 Å². The Kier molecular flexibility index (Phi) is 5.98. The molecule has 2 amide bonds. The summed E-state index contributed by atoms with van der Waals surface area (Å²) in [6, 6.07) is 5.38. The van der Waals surface area contributed by atoms with Crippen LogP contribution < -0.4 is 10.6 Å². The van der Waals surface area contributed by atoms with Gasteiger partial charge in [-0.25, -0.2) is 4.98 Å². The second kappa shape index (κ2) is 8.59. The molecule has 1 aliphatic rings. The molecule has 0 bridgehead atoms. The van der Waals surface area contributed by atoms with Gasteiger partial charge in [0.15, 0.2) is 5.69 Å². The second-order valence-corrected chi connectivity index (χ2v) is 5.95. The molecule has 3 rings (SSSR count). The van der Waals surface area contributed by atoms with E-state index < -0.39 is 0 Å². The minimum Gasteiger partial charge on any atom is -0.379 e. The molecular formula is C18H23N5O3. The largest absolute Gasteiger partial charge is 0.379 e. The van der Waals surface area contributed by atoms with Gasteiger partial charge in [0, 0.05) is 38.9 Å². The highest BCUT2D eigenvalue weighted by molar-refractivity contribution is 6.02. The maximum absolute atomic E-state index is 12.6. The molecule has 0 aromatic carbocycles. The summed E-state index contributed by atoms with van der Waals surface area (Å²) >= 11 is 0. The Hall–Kier alpha value is -2.71. The Morgan fingerprint density at radius 1 is 1.23 bits per heavy atom. The van der Waals surface area contributed by atoms with Crippen LogP contribution in [-0.4, -0.2) is 72.0 Å². The van der Waals surface area contributed by atoms with Gasteiger partial charge in [-0.15, -0.1) is 6.58 Å². The maximum atomic E-state index is 12.6. The molecule has 1 saturated heterocycles. The van der Waals surface area contributed by atoms with E-state index in [9.17, 15) is 9.59 Å². The topological polar surface area (TPSA) is 88.0 Å². The predicted molar refractivity (Wildman–Crippen MR) is 97.3 cm³/mol. The van der Waals surface area contributed by atoms with Gasteiger partial charge in [-0.05, 0) is 12.1 Å². The van der Waals surface area contributed by atoms with Crippen LogP contribution in [0, 0.1) is 0 Å². The van der Waals surface area contributed by atoms with Crippen LogP contribution in [0.1, 0.15) is 21.1 Å². The average molecular weight is 357 g/mol. The van der Waals surface area contributed by atoms with Crippen molar-refractivity contribution in [1.82, 2.24) is 24.9 Å². The van der Waals surface area contributed by atoms with E-state index in [1.54, 1.807) is 28.8 Å². The zero-order chi connectivity index (χ0) is 18.4. The van der Waals surface area contributed by atoms with Crippen molar-refractivity contribution in [3.05, 3.63) is 48.6 Å². The number of hydrogen-bond donors (Lipinski definition) is 2. The zero-order valence-electron chi connectivity index (χ0n) is 14.6. The number of imidazole rings is 1. The van der Waals surface area contributed by atoms with Crippen molar-refractivity contribution in [2.45, 2.75) is 0 Å². The molecule has 2 N–H and O–H groups in total. The number of aromatic nitrogens is 2. The van der Waals surface area contributed by atoms with Gasteiger partial charge in [-0.1, -0.05) is 12.1 Å². The smallest absolute Gasteiger partial charge is 0.287 e. The van der Waals surface area contributed by atoms with Crippen LogP contribution in [0.3, 0.4) is 0 Å². The number of ether oxygens (including phenoxy) is 1. The number of nitrogens with one attached hydrogen (secondary N) is 2. The molecule has 8 heteroatoms. The quantitative estimate of drug-likeness (QED) is 0.697. The lowest BCUT2D eigenvalue weighted by molar-refractivity contribution is 0.0383. The van der Waals surface area contributed by atoms with Gasteiger partial charge in [-0.2, -0.15) is 0 Å². The normalized spacial score (nSPS) is 14.9. The standard InChI is InChI=1S/C18H23N5O3/c1-2-6-19-18(25)16-21-15(14-5-3-4-8-23(14)16)17(24)20-7-9-22-10-12-26-13-11-22/h2-5,8H,1,6-7,9-13H2,(H,19,25)(H,20,24). The summed E-state index contributed by atoms with van der Waals surface area (Å²) in [4.78, 5) is 31.4. The van der Waals surface area contributed by atoms with Gasteiger partial charge in [0.05, 0.1) is 18.7 Å². The first kappa shape index (κ1) is 18.1. The monoisotopic (exact) mass is 357 g/mol. The average Bonchev–Trinajstić information content (AvgIpc) is 3.07. The summed E-state index contributed by atoms with van der Waals surface area (Å²) in [5.74, 6) is -0.455. The molecule has 1 aliphatic heterocycles. The fourth-order valence-corrected chi connectivity index (χ4v) is 2.85. The van der Waals surface area contributed by atoms with Crippen LogP contribution in [0.4, 0.5) is 0 Å². The Bertz CT molecular complexity index is 795. The lowest BCUT2D eigenvalue weighted by Crippen LogP contribution is -2.41. The molecule has 0 spiro atoms. The Morgan fingerprint density at radius 3 is 2.81 bits per heavy atom. The lowest BCUT2D eigenvalue weighted by Gasteiger charge is -2.26. The minimum absolute atomic E-state index is 0.181. The van der Waals surface area contributed by atoms with Crippen molar-refractivity contribution in [3.8, 4) is 0 Å².